The maximum atomic E-state index is 5.18. The first kappa shape index (κ1) is 16.1. The molecule has 0 atom stereocenters. The molecular weight excluding hydrogens is 278 g/mol. The lowest BCUT2D eigenvalue weighted by molar-refractivity contribution is 0.202. The summed E-state index contributed by atoms with van der Waals surface area (Å²) in [6.07, 6.45) is 0.942. The Morgan fingerprint density at radius 2 is 1.86 bits per heavy atom. The van der Waals surface area contributed by atoms with Crippen LogP contribution >= 0.6 is 11.3 Å². The average molecular weight is 303 g/mol. The molecule has 2 aromatic rings. The molecular formula is C18H25NOS. The van der Waals surface area contributed by atoms with E-state index in [1.54, 1.807) is 7.11 Å². The Morgan fingerprint density at radius 1 is 1.10 bits per heavy atom. The highest BCUT2D eigenvalue weighted by atomic mass is 32.1. The normalized spacial score (nSPS) is 11.6. The van der Waals surface area contributed by atoms with Gasteiger partial charge in [0.1, 0.15) is 0 Å². The lowest BCUT2D eigenvalue weighted by Gasteiger charge is -2.15. The Bertz CT molecular complexity index is 569. The number of nitrogens with one attached hydrogen (secondary N) is 1. The highest BCUT2D eigenvalue weighted by Gasteiger charge is 2.15. The lowest BCUT2D eigenvalue weighted by Crippen LogP contribution is -2.07. The van der Waals surface area contributed by atoms with Crippen molar-refractivity contribution in [3.8, 4) is 0 Å². The van der Waals surface area contributed by atoms with Gasteiger partial charge < -0.3 is 10.1 Å². The fraction of sp³-hybridized carbons (Fsp3) is 0.444. The third kappa shape index (κ3) is 4.58. The van der Waals surface area contributed by atoms with Crippen molar-refractivity contribution in [1.82, 2.24) is 0 Å². The average Bonchev–Trinajstić information content (AvgIpc) is 2.92. The van der Waals surface area contributed by atoms with Crippen molar-refractivity contribution < 1.29 is 4.74 Å². The highest BCUT2D eigenvalue weighted by molar-refractivity contribution is 7.12. The number of hydrogen-bond acceptors (Lipinski definition) is 3. The van der Waals surface area contributed by atoms with Gasteiger partial charge >= 0.3 is 0 Å². The molecule has 2 rings (SSSR count). The molecule has 0 bridgehead atoms. The summed E-state index contributed by atoms with van der Waals surface area (Å²) in [7, 11) is 1.75. The minimum Gasteiger partial charge on any atom is -0.384 e. The molecule has 0 saturated heterocycles. The van der Waals surface area contributed by atoms with Gasteiger partial charge in [-0.25, -0.2) is 0 Å². The van der Waals surface area contributed by atoms with E-state index in [9.17, 15) is 0 Å². The third-order valence-corrected chi connectivity index (χ3v) is 4.96. The molecule has 1 aromatic carbocycles. The largest absolute Gasteiger partial charge is 0.384 e. The summed E-state index contributed by atoms with van der Waals surface area (Å²) in [5, 5.41) is 3.56. The van der Waals surface area contributed by atoms with E-state index < -0.39 is 0 Å². The molecule has 0 spiro atoms. The van der Waals surface area contributed by atoms with Crippen molar-refractivity contribution in [3.63, 3.8) is 0 Å². The van der Waals surface area contributed by atoms with Crippen LogP contribution in [0.25, 0.3) is 0 Å². The van der Waals surface area contributed by atoms with Crippen LogP contribution in [0.3, 0.4) is 0 Å². The molecule has 1 aromatic heterocycles. The van der Waals surface area contributed by atoms with Gasteiger partial charge in [-0.3, -0.25) is 0 Å². The number of thiophene rings is 1. The number of ether oxygens (including phenoxy) is 1. The van der Waals surface area contributed by atoms with Gasteiger partial charge in [-0.1, -0.05) is 39.0 Å². The van der Waals surface area contributed by atoms with Gasteiger partial charge in [-0.05, 0) is 35.6 Å². The Labute approximate surface area is 132 Å². The molecule has 0 amide bonds. The van der Waals surface area contributed by atoms with Crippen LogP contribution in [0.1, 0.15) is 36.1 Å². The van der Waals surface area contributed by atoms with Gasteiger partial charge in [0.2, 0.25) is 0 Å². The second-order valence-electron chi connectivity index (χ2n) is 6.27. The molecule has 0 saturated carbocycles. The maximum absolute atomic E-state index is 5.18. The van der Waals surface area contributed by atoms with E-state index in [0.717, 1.165) is 19.6 Å². The summed E-state index contributed by atoms with van der Waals surface area (Å²) in [6.45, 7) is 8.42. The Kier molecular flexibility index (Phi) is 5.43. The molecule has 1 heterocycles. The molecule has 2 nitrogen and oxygen atoms in total. The zero-order chi connectivity index (χ0) is 15.3. The van der Waals surface area contributed by atoms with Gasteiger partial charge in [0, 0.05) is 29.1 Å². The van der Waals surface area contributed by atoms with Crippen LogP contribution in [-0.2, 0) is 23.1 Å². The topological polar surface area (TPSA) is 21.3 Å². The van der Waals surface area contributed by atoms with E-state index in [1.165, 1.54) is 21.0 Å². The van der Waals surface area contributed by atoms with E-state index in [0.29, 0.717) is 0 Å². The van der Waals surface area contributed by atoms with Crippen LogP contribution in [0.5, 0.6) is 0 Å². The molecule has 114 valence electrons. The predicted octanol–water partition coefficient (Wildman–Crippen LogP) is 4.85. The van der Waals surface area contributed by atoms with E-state index in [4.69, 9.17) is 4.74 Å². The second-order valence-corrected chi connectivity index (χ2v) is 7.44. The lowest BCUT2D eigenvalue weighted by atomic mass is 9.95. The van der Waals surface area contributed by atoms with Crippen molar-refractivity contribution >= 4 is 17.0 Å². The van der Waals surface area contributed by atoms with Crippen LogP contribution in [0.2, 0.25) is 0 Å². The zero-order valence-electron chi connectivity index (χ0n) is 13.4. The Hall–Kier alpha value is -1.32. The van der Waals surface area contributed by atoms with Gasteiger partial charge in [0.05, 0.1) is 6.61 Å². The van der Waals surface area contributed by atoms with Crippen molar-refractivity contribution in [2.24, 2.45) is 0 Å². The first-order chi connectivity index (χ1) is 10.0. The molecule has 0 aliphatic rings. The summed E-state index contributed by atoms with van der Waals surface area (Å²) in [5.74, 6) is 0. The number of methoxy groups -OCH3 is 1. The summed E-state index contributed by atoms with van der Waals surface area (Å²) < 4.78 is 5.18. The first-order valence-electron chi connectivity index (χ1n) is 7.40. The Morgan fingerprint density at radius 3 is 2.52 bits per heavy atom. The zero-order valence-corrected chi connectivity index (χ0v) is 14.2. The van der Waals surface area contributed by atoms with Gasteiger partial charge in [0.25, 0.3) is 0 Å². The highest BCUT2D eigenvalue weighted by Crippen LogP contribution is 2.30. The van der Waals surface area contributed by atoms with E-state index in [2.05, 4.69) is 62.5 Å². The van der Waals surface area contributed by atoms with Crippen LogP contribution in [-0.4, -0.2) is 13.7 Å². The summed E-state index contributed by atoms with van der Waals surface area (Å²) in [4.78, 5) is 2.81. The van der Waals surface area contributed by atoms with E-state index in [-0.39, 0.29) is 5.41 Å². The molecule has 0 radical (unpaired) electrons. The van der Waals surface area contributed by atoms with Crippen molar-refractivity contribution in [1.29, 1.82) is 0 Å². The standard InChI is InChI=1S/C18H25NOS/c1-18(2,3)17-10-9-15(21-17)13-19-16-8-6-5-7-14(16)11-12-20-4/h5-10,19H,11-13H2,1-4H3. The first-order valence-corrected chi connectivity index (χ1v) is 8.22. The smallest absolute Gasteiger partial charge is 0.0503 e. The van der Waals surface area contributed by atoms with Crippen molar-refractivity contribution in [2.75, 3.05) is 19.0 Å². The SMILES string of the molecule is COCCc1ccccc1NCc1ccc(C(C)(C)C)s1. The number of benzene rings is 1. The maximum Gasteiger partial charge on any atom is 0.0503 e. The second kappa shape index (κ2) is 7.10. The monoisotopic (exact) mass is 303 g/mol. The summed E-state index contributed by atoms with van der Waals surface area (Å²) >= 11 is 1.90. The van der Waals surface area contributed by atoms with Crippen LogP contribution in [0.4, 0.5) is 5.69 Å². The molecule has 1 N–H and O–H groups in total. The van der Waals surface area contributed by atoms with Crippen LogP contribution < -0.4 is 5.32 Å². The summed E-state index contributed by atoms with van der Waals surface area (Å²) in [6, 6.07) is 12.9. The fourth-order valence-corrected chi connectivity index (χ4v) is 3.19. The molecule has 0 aliphatic carbocycles. The van der Waals surface area contributed by atoms with Gasteiger partial charge in [0.15, 0.2) is 0 Å². The van der Waals surface area contributed by atoms with Crippen LogP contribution in [0, 0.1) is 0 Å². The van der Waals surface area contributed by atoms with Crippen molar-refractivity contribution in [2.45, 2.75) is 39.2 Å². The quantitative estimate of drug-likeness (QED) is 0.824. The number of anilines is 1. The summed E-state index contributed by atoms with van der Waals surface area (Å²) in [5.41, 5.74) is 2.76. The fourth-order valence-electron chi connectivity index (χ4n) is 2.18. The number of rotatable bonds is 6. The van der Waals surface area contributed by atoms with E-state index >= 15 is 0 Å². The molecule has 3 heteroatoms. The molecule has 0 fully saturated rings. The molecule has 21 heavy (non-hydrogen) atoms. The van der Waals surface area contributed by atoms with Gasteiger partial charge in [-0.15, -0.1) is 11.3 Å². The number of para-hydroxylation sites is 1. The van der Waals surface area contributed by atoms with E-state index in [1.807, 2.05) is 11.3 Å². The minimum atomic E-state index is 0.235. The Balaban J connectivity index is 2.01. The minimum absolute atomic E-state index is 0.235. The third-order valence-electron chi connectivity index (χ3n) is 3.45. The van der Waals surface area contributed by atoms with Crippen molar-refractivity contribution in [3.05, 3.63) is 51.7 Å². The number of hydrogen-bond donors (Lipinski definition) is 1. The molecule has 0 aliphatic heterocycles. The van der Waals surface area contributed by atoms with Crippen LogP contribution in [0.15, 0.2) is 36.4 Å². The predicted molar refractivity (Wildman–Crippen MR) is 92.4 cm³/mol. The molecule has 0 unspecified atom stereocenters. The van der Waals surface area contributed by atoms with Gasteiger partial charge in [-0.2, -0.15) is 0 Å².